The fourth-order valence-electron chi connectivity index (χ4n) is 3.44. The molecule has 1 saturated heterocycles. The molecule has 0 spiro atoms. The highest BCUT2D eigenvalue weighted by molar-refractivity contribution is 5.70. The van der Waals surface area contributed by atoms with Crippen molar-refractivity contribution in [3.05, 3.63) is 35.4 Å². The molecule has 0 bridgehead atoms. The number of fused-ring (bicyclic) bond motifs is 1. The fraction of sp³-hybridized carbons (Fsp3) is 0.529. The van der Waals surface area contributed by atoms with Gasteiger partial charge in [0.15, 0.2) is 17.4 Å². The smallest absolute Gasteiger partial charge is 0.280 e. The second kappa shape index (κ2) is 8.29. The van der Waals surface area contributed by atoms with E-state index >= 15 is 0 Å². The van der Waals surface area contributed by atoms with Crippen LogP contribution in [-0.4, -0.2) is 70.8 Å². The summed E-state index contributed by atoms with van der Waals surface area (Å²) in [6.07, 6.45) is 4.94. The Morgan fingerprint density at radius 1 is 1.34 bits per heavy atom. The van der Waals surface area contributed by atoms with Gasteiger partial charge in [-0.15, -0.1) is 0 Å². The Morgan fingerprint density at radius 2 is 2.21 bits per heavy atom. The number of aliphatic hydroxyl groups excluding tert-OH is 2. The molecule has 0 aromatic carbocycles. The van der Waals surface area contributed by atoms with Gasteiger partial charge < -0.3 is 30.0 Å². The maximum atomic E-state index is 12.0. The van der Waals surface area contributed by atoms with E-state index < -0.39 is 30.1 Å². The van der Waals surface area contributed by atoms with Crippen molar-refractivity contribution in [2.75, 3.05) is 18.9 Å². The fourth-order valence-corrected chi connectivity index (χ4v) is 3.44. The molecule has 0 saturated carbocycles. The molecule has 3 aromatic heterocycles. The average Bonchev–Trinajstić information content (AvgIpc) is 3.41. The van der Waals surface area contributed by atoms with Crippen LogP contribution < -0.4 is 11.3 Å². The van der Waals surface area contributed by atoms with Crippen LogP contribution in [-0.2, 0) is 16.0 Å². The lowest BCUT2D eigenvalue weighted by Gasteiger charge is -2.22. The Balaban J connectivity index is 1.48. The van der Waals surface area contributed by atoms with Crippen molar-refractivity contribution < 1.29 is 19.7 Å². The summed E-state index contributed by atoms with van der Waals surface area (Å²) < 4.78 is 15.2. The second-order valence-corrected chi connectivity index (χ2v) is 6.86. The molecule has 4 rings (SSSR count). The zero-order valence-electron chi connectivity index (χ0n) is 15.6. The third-order valence-electron chi connectivity index (χ3n) is 4.90. The standard InChI is InChI=1S/C17H23N7O5/c18-17-21-14-11(15(27)22-17)20-9-24(14)16-13(12(26)10(7-25)29-16)28-6-2-1-4-23-5-3-19-8-23/h3,5,8-10,12-13,16,25-26H,1-2,4,6-7H2,(H3,18,21,22,27). The van der Waals surface area contributed by atoms with Crippen LogP contribution in [0.4, 0.5) is 5.95 Å². The van der Waals surface area contributed by atoms with E-state index in [-0.39, 0.29) is 23.7 Å². The summed E-state index contributed by atoms with van der Waals surface area (Å²) in [5, 5.41) is 20.1. The molecular formula is C17H23N7O5. The summed E-state index contributed by atoms with van der Waals surface area (Å²) in [4.78, 5) is 26.6. The number of ether oxygens (including phenoxy) is 2. The molecule has 1 aliphatic rings. The van der Waals surface area contributed by atoms with E-state index in [0.29, 0.717) is 6.61 Å². The number of anilines is 1. The number of aromatic amines is 1. The minimum atomic E-state index is -1.05. The molecule has 1 aliphatic heterocycles. The van der Waals surface area contributed by atoms with Crippen LogP contribution in [0.15, 0.2) is 29.8 Å². The number of H-pyrrole nitrogens is 1. The highest BCUT2D eigenvalue weighted by Gasteiger charge is 2.45. The van der Waals surface area contributed by atoms with Gasteiger partial charge in [-0.3, -0.25) is 14.3 Å². The van der Waals surface area contributed by atoms with Crippen LogP contribution in [0.2, 0.25) is 0 Å². The molecule has 5 N–H and O–H groups in total. The van der Waals surface area contributed by atoms with Gasteiger partial charge in [-0.05, 0) is 12.8 Å². The lowest BCUT2D eigenvalue weighted by Crippen LogP contribution is -2.35. The number of nitrogens with two attached hydrogens (primary N) is 1. The Morgan fingerprint density at radius 3 is 2.97 bits per heavy atom. The molecule has 0 aliphatic carbocycles. The number of unbranched alkanes of at least 4 members (excludes halogenated alkanes) is 1. The largest absolute Gasteiger partial charge is 0.394 e. The first kappa shape index (κ1) is 19.5. The summed E-state index contributed by atoms with van der Waals surface area (Å²) in [5.74, 6) is -0.0570. The molecule has 1 fully saturated rings. The highest BCUT2D eigenvalue weighted by Crippen LogP contribution is 2.33. The predicted octanol–water partition coefficient (Wildman–Crippen LogP) is -0.985. The summed E-state index contributed by atoms with van der Waals surface area (Å²) in [6.45, 7) is 0.825. The maximum absolute atomic E-state index is 12.0. The van der Waals surface area contributed by atoms with Crippen molar-refractivity contribution in [1.29, 1.82) is 0 Å². The number of aliphatic hydroxyl groups is 2. The van der Waals surface area contributed by atoms with Gasteiger partial charge in [-0.25, -0.2) is 9.97 Å². The topological polar surface area (TPSA) is 166 Å². The summed E-state index contributed by atoms with van der Waals surface area (Å²) >= 11 is 0. The van der Waals surface area contributed by atoms with Crippen LogP contribution in [0.25, 0.3) is 11.2 Å². The van der Waals surface area contributed by atoms with Crippen molar-refractivity contribution in [3.8, 4) is 0 Å². The number of rotatable bonds is 8. The van der Waals surface area contributed by atoms with Crippen LogP contribution in [0, 0.1) is 0 Å². The Kier molecular flexibility index (Phi) is 5.58. The van der Waals surface area contributed by atoms with E-state index in [2.05, 4.69) is 19.9 Å². The van der Waals surface area contributed by atoms with Crippen LogP contribution >= 0.6 is 0 Å². The molecule has 4 unspecified atom stereocenters. The quantitative estimate of drug-likeness (QED) is 0.344. The van der Waals surface area contributed by atoms with Gasteiger partial charge in [0.25, 0.3) is 5.56 Å². The molecular weight excluding hydrogens is 382 g/mol. The average molecular weight is 405 g/mol. The van der Waals surface area contributed by atoms with Crippen molar-refractivity contribution in [2.45, 2.75) is 43.9 Å². The first-order valence-electron chi connectivity index (χ1n) is 9.32. The number of hydrogen-bond donors (Lipinski definition) is 4. The molecule has 3 aromatic rings. The zero-order valence-corrected chi connectivity index (χ0v) is 15.6. The molecule has 12 heteroatoms. The van der Waals surface area contributed by atoms with E-state index in [1.807, 2.05) is 10.8 Å². The van der Waals surface area contributed by atoms with Gasteiger partial charge in [0.2, 0.25) is 5.95 Å². The molecule has 156 valence electrons. The number of aryl methyl sites for hydroxylation is 1. The lowest BCUT2D eigenvalue weighted by molar-refractivity contribution is -0.0711. The van der Waals surface area contributed by atoms with E-state index in [4.69, 9.17) is 15.2 Å². The van der Waals surface area contributed by atoms with Gasteiger partial charge in [-0.1, -0.05) is 0 Å². The Hall–Kier alpha value is -2.80. The first-order chi connectivity index (χ1) is 14.1. The summed E-state index contributed by atoms with van der Waals surface area (Å²) in [6, 6.07) is 0. The number of imidazole rings is 2. The Labute approximate surface area is 164 Å². The highest BCUT2D eigenvalue weighted by atomic mass is 16.6. The minimum absolute atomic E-state index is 0.0570. The molecule has 4 heterocycles. The zero-order chi connectivity index (χ0) is 20.4. The third-order valence-corrected chi connectivity index (χ3v) is 4.90. The van der Waals surface area contributed by atoms with Gasteiger partial charge in [0.05, 0.1) is 19.3 Å². The van der Waals surface area contributed by atoms with E-state index in [9.17, 15) is 15.0 Å². The van der Waals surface area contributed by atoms with Gasteiger partial charge in [-0.2, -0.15) is 4.98 Å². The number of hydrogen-bond acceptors (Lipinski definition) is 9. The van der Waals surface area contributed by atoms with Crippen molar-refractivity contribution >= 4 is 17.1 Å². The number of nitrogens with one attached hydrogen (secondary N) is 1. The van der Waals surface area contributed by atoms with Gasteiger partial charge in [0, 0.05) is 25.5 Å². The van der Waals surface area contributed by atoms with Crippen LogP contribution in [0.3, 0.4) is 0 Å². The minimum Gasteiger partial charge on any atom is -0.394 e. The Bertz CT molecular complexity index is 1000. The number of aromatic nitrogens is 6. The molecule has 0 radical (unpaired) electrons. The predicted molar refractivity (Wildman–Crippen MR) is 101 cm³/mol. The third kappa shape index (κ3) is 3.87. The normalized spacial score (nSPS) is 24.5. The monoisotopic (exact) mass is 405 g/mol. The first-order valence-corrected chi connectivity index (χ1v) is 9.32. The van der Waals surface area contributed by atoms with Crippen molar-refractivity contribution in [2.24, 2.45) is 0 Å². The van der Waals surface area contributed by atoms with Crippen LogP contribution in [0.1, 0.15) is 19.1 Å². The van der Waals surface area contributed by atoms with Gasteiger partial charge in [0.1, 0.15) is 18.3 Å². The van der Waals surface area contributed by atoms with Crippen molar-refractivity contribution in [3.63, 3.8) is 0 Å². The molecule has 4 atom stereocenters. The van der Waals surface area contributed by atoms with Crippen molar-refractivity contribution in [1.82, 2.24) is 29.1 Å². The number of nitrogen functional groups attached to an aromatic ring is 1. The lowest BCUT2D eigenvalue weighted by atomic mass is 10.1. The SMILES string of the molecule is Nc1nc2c(ncn2C2OC(CO)C(O)C2OCCCCn2ccnc2)c(=O)[nH]1. The second-order valence-electron chi connectivity index (χ2n) is 6.86. The van der Waals surface area contributed by atoms with Gasteiger partial charge >= 0.3 is 0 Å². The number of nitrogens with zero attached hydrogens (tertiary/aromatic N) is 5. The van der Waals surface area contributed by atoms with Crippen LogP contribution in [0.5, 0.6) is 0 Å². The molecule has 0 amide bonds. The molecule has 12 nitrogen and oxygen atoms in total. The van der Waals surface area contributed by atoms with E-state index in [1.165, 1.54) is 10.9 Å². The maximum Gasteiger partial charge on any atom is 0.280 e. The summed E-state index contributed by atoms with van der Waals surface area (Å²) in [7, 11) is 0. The summed E-state index contributed by atoms with van der Waals surface area (Å²) in [5.41, 5.74) is 5.49. The molecule has 29 heavy (non-hydrogen) atoms. The van der Waals surface area contributed by atoms with E-state index in [1.54, 1.807) is 12.5 Å². The van der Waals surface area contributed by atoms with E-state index in [0.717, 1.165) is 19.4 Å².